The van der Waals surface area contributed by atoms with Gasteiger partial charge in [0.25, 0.3) is 0 Å². The van der Waals surface area contributed by atoms with Gasteiger partial charge in [-0.15, -0.1) is 0 Å². The van der Waals surface area contributed by atoms with Gasteiger partial charge in [0.05, 0.1) is 23.0 Å². The Hall–Kier alpha value is -4.37. The molecule has 0 radical (unpaired) electrons. The van der Waals surface area contributed by atoms with E-state index in [4.69, 9.17) is 15.7 Å². The van der Waals surface area contributed by atoms with Gasteiger partial charge in [0.2, 0.25) is 5.95 Å². The Morgan fingerprint density at radius 3 is 2.38 bits per heavy atom. The van der Waals surface area contributed by atoms with E-state index in [2.05, 4.69) is 21.4 Å². The number of nitrogens with two attached hydrogens (primary N) is 1. The van der Waals surface area contributed by atoms with E-state index in [0.717, 1.165) is 16.9 Å². The summed E-state index contributed by atoms with van der Waals surface area (Å²) in [6.07, 6.45) is 1.70. The monoisotopic (exact) mass is 379 g/mol. The minimum atomic E-state index is 0.476. The van der Waals surface area contributed by atoms with E-state index in [0.29, 0.717) is 28.7 Å². The molecule has 0 aliphatic rings. The predicted molar refractivity (Wildman–Crippen MR) is 113 cm³/mol. The van der Waals surface area contributed by atoms with Crippen molar-refractivity contribution in [2.24, 2.45) is 0 Å². The van der Waals surface area contributed by atoms with Crippen LogP contribution in [-0.4, -0.2) is 9.97 Å². The molecule has 6 heteroatoms. The molecule has 6 nitrogen and oxygen atoms in total. The molecule has 4 rings (SSSR count). The van der Waals surface area contributed by atoms with Gasteiger partial charge in [-0.2, -0.15) is 5.26 Å². The van der Waals surface area contributed by atoms with Crippen LogP contribution in [0.15, 0.2) is 85.1 Å². The van der Waals surface area contributed by atoms with E-state index in [-0.39, 0.29) is 0 Å². The van der Waals surface area contributed by atoms with Gasteiger partial charge in [0, 0.05) is 17.4 Å². The zero-order chi connectivity index (χ0) is 20.1. The van der Waals surface area contributed by atoms with Crippen LogP contribution in [0.3, 0.4) is 0 Å². The Balaban J connectivity index is 1.50. The maximum absolute atomic E-state index is 8.89. The maximum Gasteiger partial charge on any atom is 0.227 e. The van der Waals surface area contributed by atoms with Gasteiger partial charge in [-0.3, -0.25) is 0 Å². The van der Waals surface area contributed by atoms with Crippen molar-refractivity contribution in [3.05, 3.63) is 90.6 Å². The standard InChI is InChI=1S/C23H17N5O/c24-15-16-5-9-18(10-6-16)27-23-26-14-13-21(28-23)17-7-11-19(12-8-17)29-22-4-2-1-3-20(22)25/h1-14H,25H2,(H,26,27,28). The average molecular weight is 379 g/mol. The molecule has 0 unspecified atom stereocenters. The molecule has 29 heavy (non-hydrogen) atoms. The number of benzene rings is 3. The van der Waals surface area contributed by atoms with Gasteiger partial charge in [0.1, 0.15) is 11.5 Å². The van der Waals surface area contributed by atoms with Crippen LogP contribution in [0.25, 0.3) is 11.3 Å². The van der Waals surface area contributed by atoms with Crippen molar-refractivity contribution >= 4 is 17.3 Å². The smallest absolute Gasteiger partial charge is 0.227 e. The van der Waals surface area contributed by atoms with Crippen molar-refractivity contribution in [2.75, 3.05) is 11.1 Å². The number of anilines is 3. The fourth-order valence-corrected chi connectivity index (χ4v) is 2.73. The molecule has 3 aromatic carbocycles. The highest BCUT2D eigenvalue weighted by atomic mass is 16.5. The summed E-state index contributed by atoms with van der Waals surface area (Å²) in [5, 5.41) is 12.0. The second-order valence-corrected chi connectivity index (χ2v) is 6.24. The molecule has 0 amide bonds. The first-order valence-corrected chi connectivity index (χ1v) is 8.94. The SMILES string of the molecule is N#Cc1ccc(Nc2nccc(-c3ccc(Oc4ccccc4N)cc3)n2)cc1. The van der Waals surface area contributed by atoms with Gasteiger partial charge in [-0.1, -0.05) is 12.1 Å². The van der Waals surface area contributed by atoms with Crippen LogP contribution in [0.1, 0.15) is 5.56 Å². The lowest BCUT2D eigenvalue weighted by atomic mass is 10.1. The van der Waals surface area contributed by atoms with E-state index >= 15 is 0 Å². The molecule has 0 atom stereocenters. The lowest BCUT2D eigenvalue weighted by molar-refractivity contribution is 0.485. The first kappa shape index (κ1) is 18.0. The van der Waals surface area contributed by atoms with Crippen molar-refractivity contribution in [3.8, 4) is 28.8 Å². The maximum atomic E-state index is 8.89. The van der Waals surface area contributed by atoms with Gasteiger partial charge in [-0.05, 0) is 66.7 Å². The molecule has 0 fully saturated rings. The van der Waals surface area contributed by atoms with Crippen LogP contribution in [0.4, 0.5) is 17.3 Å². The third-order valence-corrected chi connectivity index (χ3v) is 4.22. The Morgan fingerprint density at radius 2 is 1.66 bits per heavy atom. The number of nitrogen functional groups attached to an aromatic ring is 1. The van der Waals surface area contributed by atoms with Crippen molar-refractivity contribution in [2.45, 2.75) is 0 Å². The molecule has 1 heterocycles. The summed E-state index contributed by atoms with van der Waals surface area (Å²) in [5.74, 6) is 1.79. The first-order chi connectivity index (χ1) is 14.2. The molecular formula is C23H17N5O. The third-order valence-electron chi connectivity index (χ3n) is 4.22. The summed E-state index contributed by atoms with van der Waals surface area (Å²) in [6.45, 7) is 0. The number of aromatic nitrogens is 2. The number of hydrogen-bond acceptors (Lipinski definition) is 6. The molecule has 0 saturated carbocycles. The molecule has 0 spiro atoms. The zero-order valence-corrected chi connectivity index (χ0v) is 15.4. The highest BCUT2D eigenvalue weighted by Crippen LogP contribution is 2.28. The van der Waals surface area contributed by atoms with Gasteiger partial charge in [0.15, 0.2) is 0 Å². The molecule has 3 N–H and O–H groups in total. The van der Waals surface area contributed by atoms with Crippen molar-refractivity contribution in [1.82, 2.24) is 9.97 Å². The Labute approximate surface area is 168 Å². The van der Waals surface area contributed by atoms with Crippen LogP contribution < -0.4 is 15.8 Å². The molecule has 0 aliphatic heterocycles. The fourth-order valence-electron chi connectivity index (χ4n) is 2.73. The van der Waals surface area contributed by atoms with Crippen LogP contribution >= 0.6 is 0 Å². The van der Waals surface area contributed by atoms with E-state index in [1.54, 1.807) is 24.4 Å². The molecular weight excluding hydrogens is 362 g/mol. The van der Waals surface area contributed by atoms with E-state index < -0.39 is 0 Å². The molecule has 0 saturated heterocycles. The summed E-state index contributed by atoms with van der Waals surface area (Å²) in [5.41, 5.74) is 9.64. The van der Waals surface area contributed by atoms with Crippen molar-refractivity contribution in [3.63, 3.8) is 0 Å². The lowest BCUT2D eigenvalue weighted by Gasteiger charge is -2.09. The highest BCUT2D eigenvalue weighted by molar-refractivity contribution is 5.63. The first-order valence-electron chi connectivity index (χ1n) is 8.94. The molecule has 0 bridgehead atoms. The number of nitriles is 1. The van der Waals surface area contributed by atoms with E-state index in [9.17, 15) is 0 Å². The molecule has 1 aromatic heterocycles. The quantitative estimate of drug-likeness (QED) is 0.466. The summed E-state index contributed by atoms with van der Waals surface area (Å²) in [6, 6.07) is 26.0. The third kappa shape index (κ3) is 4.31. The van der Waals surface area contributed by atoms with Gasteiger partial charge in [-0.25, -0.2) is 9.97 Å². The number of nitrogens with one attached hydrogen (secondary N) is 1. The van der Waals surface area contributed by atoms with Crippen LogP contribution in [0.5, 0.6) is 11.5 Å². The Kier molecular flexibility index (Phi) is 5.04. The predicted octanol–water partition coefficient (Wildman–Crippen LogP) is 5.13. The molecule has 0 aliphatic carbocycles. The summed E-state index contributed by atoms with van der Waals surface area (Å²) < 4.78 is 5.83. The number of nitrogens with zero attached hydrogens (tertiary/aromatic N) is 3. The topological polar surface area (TPSA) is 96.8 Å². The number of ether oxygens (including phenoxy) is 1. The molecule has 4 aromatic rings. The minimum Gasteiger partial charge on any atom is -0.455 e. The van der Waals surface area contributed by atoms with E-state index in [1.807, 2.05) is 60.7 Å². The number of rotatable bonds is 5. The van der Waals surface area contributed by atoms with Crippen molar-refractivity contribution in [1.29, 1.82) is 5.26 Å². The summed E-state index contributed by atoms with van der Waals surface area (Å²) in [7, 11) is 0. The Bertz CT molecular complexity index is 1170. The number of para-hydroxylation sites is 2. The van der Waals surface area contributed by atoms with Crippen LogP contribution in [0.2, 0.25) is 0 Å². The van der Waals surface area contributed by atoms with Crippen LogP contribution in [-0.2, 0) is 0 Å². The Morgan fingerprint density at radius 1 is 0.897 bits per heavy atom. The lowest BCUT2D eigenvalue weighted by Crippen LogP contribution is -1.98. The largest absolute Gasteiger partial charge is 0.455 e. The molecule has 140 valence electrons. The zero-order valence-electron chi connectivity index (χ0n) is 15.4. The normalized spacial score (nSPS) is 10.2. The summed E-state index contributed by atoms with van der Waals surface area (Å²) in [4.78, 5) is 8.82. The van der Waals surface area contributed by atoms with Crippen LogP contribution in [0, 0.1) is 11.3 Å². The average Bonchev–Trinajstić information content (AvgIpc) is 2.77. The van der Waals surface area contributed by atoms with Gasteiger partial charge >= 0.3 is 0 Å². The highest BCUT2D eigenvalue weighted by Gasteiger charge is 2.05. The fraction of sp³-hybridized carbons (Fsp3) is 0. The summed E-state index contributed by atoms with van der Waals surface area (Å²) >= 11 is 0. The van der Waals surface area contributed by atoms with Gasteiger partial charge < -0.3 is 15.8 Å². The minimum absolute atomic E-state index is 0.476. The second kappa shape index (κ2) is 8.11. The van der Waals surface area contributed by atoms with Crippen molar-refractivity contribution < 1.29 is 4.74 Å². The van der Waals surface area contributed by atoms with E-state index in [1.165, 1.54) is 0 Å². The number of hydrogen-bond donors (Lipinski definition) is 2. The second-order valence-electron chi connectivity index (χ2n) is 6.24.